The van der Waals surface area contributed by atoms with E-state index in [0.29, 0.717) is 23.1 Å². The summed E-state index contributed by atoms with van der Waals surface area (Å²) in [4.78, 5) is 26.9. The quantitative estimate of drug-likeness (QED) is 0.425. The van der Waals surface area contributed by atoms with E-state index in [1.807, 2.05) is 26.0 Å². The first-order valence-corrected chi connectivity index (χ1v) is 8.95. The standard InChI is InChI=1S/C16H18N3O4P/c1-3-9(2)7-11-15(24(20,21)22)14(23-16(11)17)10-5-4-6-12-13(10)19-8-18-12/h3-6,8H,7,17H2,1-2H3,(H,18,19)(H2,20,21,22)/b9-3-. The number of anilines is 1. The summed E-state index contributed by atoms with van der Waals surface area (Å²) < 4.78 is 17.7. The van der Waals surface area contributed by atoms with Crippen molar-refractivity contribution in [2.24, 2.45) is 0 Å². The van der Waals surface area contributed by atoms with Crippen molar-refractivity contribution in [1.82, 2.24) is 9.97 Å². The highest BCUT2D eigenvalue weighted by Gasteiger charge is 2.33. The summed E-state index contributed by atoms with van der Waals surface area (Å²) in [5.41, 5.74) is 8.98. The number of nitrogens with two attached hydrogens (primary N) is 1. The average molecular weight is 347 g/mol. The Morgan fingerprint density at radius 3 is 2.88 bits per heavy atom. The van der Waals surface area contributed by atoms with Crippen LogP contribution in [0.4, 0.5) is 5.88 Å². The number of aromatic nitrogens is 2. The second kappa shape index (κ2) is 5.94. The van der Waals surface area contributed by atoms with Crippen molar-refractivity contribution in [3.8, 4) is 11.3 Å². The van der Waals surface area contributed by atoms with Gasteiger partial charge in [-0.05, 0) is 32.4 Å². The Hall–Kier alpha value is -2.34. The van der Waals surface area contributed by atoms with Crippen LogP contribution in [-0.2, 0) is 11.0 Å². The average Bonchev–Trinajstić information content (AvgIpc) is 3.11. The number of H-pyrrole nitrogens is 1. The molecule has 5 N–H and O–H groups in total. The van der Waals surface area contributed by atoms with Gasteiger partial charge in [0.2, 0.25) is 0 Å². The lowest BCUT2D eigenvalue weighted by molar-refractivity contribution is 0.387. The van der Waals surface area contributed by atoms with Crippen LogP contribution in [0.1, 0.15) is 19.4 Å². The van der Waals surface area contributed by atoms with Gasteiger partial charge < -0.3 is 24.9 Å². The Balaban J connectivity index is 2.31. The van der Waals surface area contributed by atoms with Gasteiger partial charge in [0.1, 0.15) is 5.30 Å². The van der Waals surface area contributed by atoms with E-state index in [1.54, 1.807) is 12.1 Å². The van der Waals surface area contributed by atoms with E-state index in [2.05, 4.69) is 9.97 Å². The molecule has 2 aromatic heterocycles. The van der Waals surface area contributed by atoms with Gasteiger partial charge in [0.25, 0.3) is 0 Å². The molecule has 0 amide bonds. The number of nitrogens with zero attached hydrogens (tertiary/aromatic N) is 1. The third kappa shape index (κ3) is 2.78. The maximum atomic E-state index is 12.1. The molecule has 3 aromatic rings. The predicted octanol–water partition coefficient (Wildman–Crippen LogP) is 2.72. The second-order valence-corrected chi connectivity index (χ2v) is 7.12. The fraction of sp³-hybridized carbons (Fsp3) is 0.188. The molecular formula is C16H18N3O4P. The molecular weight excluding hydrogens is 329 g/mol. The normalized spacial score (nSPS) is 12.9. The molecule has 0 unspecified atom stereocenters. The van der Waals surface area contributed by atoms with Gasteiger partial charge in [-0.1, -0.05) is 17.7 Å². The Morgan fingerprint density at radius 1 is 1.46 bits per heavy atom. The van der Waals surface area contributed by atoms with Crippen molar-refractivity contribution in [3.63, 3.8) is 0 Å². The molecule has 0 bridgehead atoms. The van der Waals surface area contributed by atoms with Gasteiger partial charge in [-0.2, -0.15) is 0 Å². The Bertz CT molecular complexity index is 981. The van der Waals surface area contributed by atoms with Crippen molar-refractivity contribution >= 4 is 29.8 Å². The Morgan fingerprint density at radius 2 is 2.21 bits per heavy atom. The predicted molar refractivity (Wildman–Crippen MR) is 93.0 cm³/mol. The number of rotatable bonds is 4. The van der Waals surface area contributed by atoms with E-state index in [1.165, 1.54) is 6.33 Å². The molecule has 3 rings (SSSR count). The van der Waals surface area contributed by atoms with Gasteiger partial charge in [0.05, 0.1) is 17.4 Å². The molecule has 0 spiro atoms. The van der Waals surface area contributed by atoms with Gasteiger partial charge in [-0.25, -0.2) is 4.98 Å². The number of nitrogen functional groups attached to an aromatic ring is 1. The molecule has 0 saturated heterocycles. The molecule has 0 saturated carbocycles. The van der Waals surface area contributed by atoms with Gasteiger partial charge >= 0.3 is 7.60 Å². The van der Waals surface area contributed by atoms with Crippen LogP contribution in [0.15, 0.2) is 40.6 Å². The molecule has 7 nitrogen and oxygen atoms in total. The molecule has 0 atom stereocenters. The molecule has 0 radical (unpaired) electrons. The summed E-state index contributed by atoms with van der Waals surface area (Å²) in [6, 6.07) is 5.28. The molecule has 0 fully saturated rings. The Kier molecular flexibility index (Phi) is 4.09. The van der Waals surface area contributed by atoms with E-state index in [0.717, 1.165) is 11.1 Å². The monoisotopic (exact) mass is 347 g/mol. The van der Waals surface area contributed by atoms with Crippen LogP contribution < -0.4 is 11.0 Å². The molecule has 126 valence electrons. The molecule has 1 aromatic carbocycles. The van der Waals surface area contributed by atoms with Gasteiger partial charge in [0.15, 0.2) is 11.6 Å². The zero-order chi connectivity index (χ0) is 17.5. The van der Waals surface area contributed by atoms with Crippen molar-refractivity contribution in [1.29, 1.82) is 0 Å². The summed E-state index contributed by atoms with van der Waals surface area (Å²) in [5.74, 6) is 0.0782. The van der Waals surface area contributed by atoms with E-state index in [9.17, 15) is 14.4 Å². The molecule has 0 aliphatic carbocycles. The summed E-state index contributed by atoms with van der Waals surface area (Å²) in [6.45, 7) is 3.72. The third-order valence-corrected chi connectivity index (χ3v) is 5.00. The Labute approximate surface area is 138 Å². The minimum absolute atomic E-state index is 0.0112. The molecule has 24 heavy (non-hydrogen) atoms. The van der Waals surface area contributed by atoms with Crippen molar-refractivity contribution in [2.75, 3.05) is 5.73 Å². The van der Waals surface area contributed by atoms with Gasteiger partial charge in [-0.15, -0.1) is 0 Å². The first kappa shape index (κ1) is 16.5. The molecule has 0 aliphatic rings. The smallest absolute Gasteiger partial charge is 0.360 e. The van der Waals surface area contributed by atoms with E-state index in [4.69, 9.17) is 10.2 Å². The number of allylic oxidation sites excluding steroid dienone is 2. The van der Waals surface area contributed by atoms with Crippen LogP contribution in [0, 0.1) is 0 Å². The lowest BCUT2D eigenvalue weighted by Crippen LogP contribution is -2.12. The minimum atomic E-state index is -4.60. The number of hydrogen-bond acceptors (Lipinski definition) is 4. The number of furan rings is 1. The van der Waals surface area contributed by atoms with Crippen molar-refractivity contribution in [2.45, 2.75) is 20.3 Å². The number of benzene rings is 1. The lowest BCUT2D eigenvalue weighted by Gasteiger charge is -2.08. The van der Waals surface area contributed by atoms with Crippen LogP contribution >= 0.6 is 7.60 Å². The highest BCUT2D eigenvalue weighted by Crippen LogP contribution is 2.44. The number of imidazole rings is 1. The summed E-state index contributed by atoms with van der Waals surface area (Å²) in [6.07, 6.45) is 3.69. The number of aromatic amines is 1. The fourth-order valence-electron chi connectivity index (χ4n) is 2.66. The molecule has 8 heteroatoms. The number of hydrogen-bond donors (Lipinski definition) is 4. The highest BCUT2D eigenvalue weighted by atomic mass is 31.2. The SMILES string of the molecule is C/C=C(/C)Cc1c(N)oc(-c2cccc3[nH]cnc23)c1P(=O)(O)O. The van der Waals surface area contributed by atoms with Crippen LogP contribution in [0.3, 0.4) is 0 Å². The fourth-order valence-corrected chi connectivity index (χ4v) is 3.64. The maximum Gasteiger partial charge on any atom is 0.360 e. The van der Waals surface area contributed by atoms with Crippen LogP contribution in [0.5, 0.6) is 0 Å². The summed E-state index contributed by atoms with van der Waals surface area (Å²) in [5, 5.41) is -0.170. The van der Waals surface area contributed by atoms with Crippen molar-refractivity contribution in [3.05, 3.63) is 41.7 Å². The van der Waals surface area contributed by atoms with Crippen molar-refractivity contribution < 1.29 is 18.8 Å². The van der Waals surface area contributed by atoms with Crippen LogP contribution in [0.25, 0.3) is 22.4 Å². The first-order valence-electron chi connectivity index (χ1n) is 7.34. The van der Waals surface area contributed by atoms with Crippen LogP contribution in [-0.4, -0.2) is 19.8 Å². The largest absolute Gasteiger partial charge is 0.440 e. The zero-order valence-electron chi connectivity index (χ0n) is 13.3. The lowest BCUT2D eigenvalue weighted by atomic mass is 10.1. The van der Waals surface area contributed by atoms with Gasteiger partial charge in [-0.3, -0.25) is 4.57 Å². The number of para-hydroxylation sites is 1. The minimum Gasteiger partial charge on any atom is -0.440 e. The summed E-state index contributed by atoms with van der Waals surface area (Å²) in [7, 11) is -4.60. The van der Waals surface area contributed by atoms with E-state index >= 15 is 0 Å². The van der Waals surface area contributed by atoms with Crippen LogP contribution in [0.2, 0.25) is 0 Å². The number of nitrogens with one attached hydrogen (secondary N) is 1. The summed E-state index contributed by atoms with van der Waals surface area (Å²) >= 11 is 0. The van der Waals surface area contributed by atoms with E-state index in [-0.39, 0.29) is 16.9 Å². The molecule has 0 aliphatic heterocycles. The number of fused-ring (bicyclic) bond motifs is 1. The highest BCUT2D eigenvalue weighted by molar-refractivity contribution is 7.60. The second-order valence-electron chi connectivity index (χ2n) is 5.58. The third-order valence-electron chi connectivity index (χ3n) is 3.94. The maximum absolute atomic E-state index is 12.1. The first-order chi connectivity index (χ1) is 11.3. The zero-order valence-corrected chi connectivity index (χ0v) is 14.2. The van der Waals surface area contributed by atoms with E-state index < -0.39 is 7.60 Å². The molecule has 2 heterocycles. The van der Waals surface area contributed by atoms with Gasteiger partial charge in [0, 0.05) is 11.1 Å². The topological polar surface area (TPSA) is 125 Å².